The van der Waals surface area contributed by atoms with Gasteiger partial charge < -0.3 is 14.8 Å². The molecular formula is C15H16N2O3. The van der Waals surface area contributed by atoms with E-state index in [9.17, 15) is 4.79 Å². The minimum atomic E-state index is -0.201. The zero-order valence-electron chi connectivity index (χ0n) is 11.4. The maximum absolute atomic E-state index is 12.1. The summed E-state index contributed by atoms with van der Waals surface area (Å²) in [5, 5.41) is 2.83. The number of pyridine rings is 1. The van der Waals surface area contributed by atoms with Crippen LogP contribution in [0.1, 0.15) is 15.9 Å². The van der Waals surface area contributed by atoms with E-state index >= 15 is 0 Å². The summed E-state index contributed by atoms with van der Waals surface area (Å²) in [6.45, 7) is 0.419. The van der Waals surface area contributed by atoms with Crippen molar-refractivity contribution in [3.63, 3.8) is 0 Å². The van der Waals surface area contributed by atoms with Gasteiger partial charge in [0.05, 0.1) is 19.8 Å². The van der Waals surface area contributed by atoms with E-state index in [2.05, 4.69) is 10.3 Å². The monoisotopic (exact) mass is 272 g/mol. The van der Waals surface area contributed by atoms with Crippen LogP contribution in [-0.4, -0.2) is 25.1 Å². The molecule has 0 bridgehead atoms. The number of hydrogen-bond acceptors (Lipinski definition) is 4. The lowest BCUT2D eigenvalue weighted by Crippen LogP contribution is -2.23. The van der Waals surface area contributed by atoms with Crippen LogP contribution >= 0.6 is 0 Å². The lowest BCUT2D eigenvalue weighted by molar-refractivity contribution is 0.0948. The molecule has 0 fully saturated rings. The fourth-order valence-electron chi connectivity index (χ4n) is 1.77. The summed E-state index contributed by atoms with van der Waals surface area (Å²) < 4.78 is 10.3. The number of nitrogens with one attached hydrogen (secondary N) is 1. The molecular weight excluding hydrogens is 256 g/mol. The fourth-order valence-corrected chi connectivity index (χ4v) is 1.77. The van der Waals surface area contributed by atoms with Gasteiger partial charge in [-0.05, 0) is 23.8 Å². The standard InChI is InChI=1S/C15H16N2O3/c1-19-12-5-6-13(14(8-12)20-2)15(18)17-10-11-4-3-7-16-9-11/h3-9H,10H2,1-2H3,(H,17,18). The molecule has 0 spiro atoms. The molecule has 1 aromatic carbocycles. The Labute approximate surface area is 117 Å². The van der Waals surface area contributed by atoms with E-state index in [0.29, 0.717) is 23.6 Å². The average Bonchev–Trinajstić information content (AvgIpc) is 2.52. The third-order valence-corrected chi connectivity index (χ3v) is 2.83. The second-order valence-electron chi connectivity index (χ2n) is 4.11. The van der Waals surface area contributed by atoms with Crippen LogP contribution in [0, 0.1) is 0 Å². The number of benzene rings is 1. The van der Waals surface area contributed by atoms with Crippen molar-refractivity contribution in [3.05, 3.63) is 53.9 Å². The highest BCUT2D eigenvalue weighted by Gasteiger charge is 2.12. The summed E-state index contributed by atoms with van der Waals surface area (Å²) in [5.74, 6) is 0.923. The van der Waals surface area contributed by atoms with Crippen molar-refractivity contribution >= 4 is 5.91 Å². The van der Waals surface area contributed by atoms with Crippen molar-refractivity contribution in [2.24, 2.45) is 0 Å². The van der Waals surface area contributed by atoms with Gasteiger partial charge in [-0.2, -0.15) is 0 Å². The Balaban J connectivity index is 2.09. The number of ether oxygens (including phenoxy) is 2. The van der Waals surface area contributed by atoms with Crippen molar-refractivity contribution in [2.75, 3.05) is 14.2 Å². The van der Waals surface area contributed by atoms with Crippen LogP contribution in [0.5, 0.6) is 11.5 Å². The number of methoxy groups -OCH3 is 2. The molecule has 0 saturated heterocycles. The maximum atomic E-state index is 12.1. The molecule has 1 heterocycles. The molecule has 104 valence electrons. The molecule has 1 amide bonds. The van der Waals surface area contributed by atoms with Gasteiger partial charge in [0.1, 0.15) is 11.5 Å². The van der Waals surface area contributed by atoms with Crippen LogP contribution in [0.3, 0.4) is 0 Å². The molecule has 0 saturated carbocycles. The van der Waals surface area contributed by atoms with Gasteiger partial charge in [0.2, 0.25) is 0 Å². The first-order valence-electron chi connectivity index (χ1n) is 6.13. The molecule has 2 aromatic rings. The Hall–Kier alpha value is -2.56. The van der Waals surface area contributed by atoms with E-state index in [1.165, 1.54) is 7.11 Å². The van der Waals surface area contributed by atoms with Gasteiger partial charge >= 0.3 is 0 Å². The Morgan fingerprint density at radius 2 is 2.10 bits per heavy atom. The summed E-state index contributed by atoms with van der Waals surface area (Å²) in [6.07, 6.45) is 3.41. The van der Waals surface area contributed by atoms with Crippen molar-refractivity contribution in [1.29, 1.82) is 0 Å². The fraction of sp³-hybridized carbons (Fsp3) is 0.200. The van der Waals surface area contributed by atoms with Crippen LogP contribution in [0.25, 0.3) is 0 Å². The van der Waals surface area contributed by atoms with Crippen LogP contribution in [0.2, 0.25) is 0 Å². The first-order valence-corrected chi connectivity index (χ1v) is 6.13. The first kappa shape index (κ1) is 13.9. The highest BCUT2D eigenvalue weighted by atomic mass is 16.5. The summed E-state index contributed by atoms with van der Waals surface area (Å²) in [7, 11) is 3.09. The zero-order valence-corrected chi connectivity index (χ0v) is 11.4. The minimum absolute atomic E-state index is 0.201. The van der Waals surface area contributed by atoms with Crippen molar-refractivity contribution in [2.45, 2.75) is 6.54 Å². The minimum Gasteiger partial charge on any atom is -0.497 e. The van der Waals surface area contributed by atoms with Gasteiger partial charge in [0, 0.05) is 25.0 Å². The molecule has 0 aliphatic heterocycles. The molecule has 2 rings (SSSR count). The molecule has 0 unspecified atom stereocenters. The van der Waals surface area contributed by atoms with E-state index in [-0.39, 0.29) is 5.91 Å². The zero-order chi connectivity index (χ0) is 14.4. The van der Waals surface area contributed by atoms with Gasteiger partial charge in [0.25, 0.3) is 5.91 Å². The Kier molecular flexibility index (Phi) is 4.55. The molecule has 0 atom stereocenters. The van der Waals surface area contributed by atoms with Crippen LogP contribution < -0.4 is 14.8 Å². The van der Waals surface area contributed by atoms with Gasteiger partial charge in [-0.1, -0.05) is 6.07 Å². The second-order valence-corrected chi connectivity index (χ2v) is 4.11. The van der Waals surface area contributed by atoms with E-state index in [1.807, 2.05) is 12.1 Å². The third-order valence-electron chi connectivity index (χ3n) is 2.83. The van der Waals surface area contributed by atoms with Crippen LogP contribution in [0.15, 0.2) is 42.7 Å². The predicted molar refractivity (Wildman–Crippen MR) is 75.0 cm³/mol. The van der Waals surface area contributed by atoms with Crippen LogP contribution in [-0.2, 0) is 6.54 Å². The Morgan fingerprint density at radius 3 is 2.75 bits per heavy atom. The summed E-state index contributed by atoms with van der Waals surface area (Å²) >= 11 is 0. The highest BCUT2D eigenvalue weighted by molar-refractivity contribution is 5.97. The predicted octanol–water partition coefficient (Wildman–Crippen LogP) is 2.03. The molecule has 0 aliphatic rings. The molecule has 1 aromatic heterocycles. The molecule has 20 heavy (non-hydrogen) atoms. The van der Waals surface area contributed by atoms with E-state index in [4.69, 9.17) is 9.47 Å². The van der Waals surface area contributed by atoms with E-state index in [1.54, 1.807) is 37.7 Å². The largest absolute Gasteiger partial charge is 0.497 e. The second kappa shape index (κ2) is 6.56. The van der Waals surface area contributed by atoms with Gasteiger partial charge in [0.15, 0.2) is 0 Å². The van der Waals surface area contributed by atoms with Crippen molar-refractivity contribution in [3.8, 4) is 11.5 Å². The normalized spacial score (nSPS) is 9.90. The number of rotatable bonds is 5. The number of hydrogen-bond donors (Lipinski definition) is 1. The molecule has 0 aliphatic carbocycles. The average molecular weight is 272 g/mol. The van der Waals surface area contributed by atoms with Gasteiger partial charge in [-0.25, -0.2) is 0 Å². The van der Waals surface area contributed by atoms with Crippen molar-refractivity contribution < 1.29 is 14.3 Å². The number of carbonyl (C=O) groups is 1. The maximum Gasteiger partial charge on any atom is 0.255 e. The quantitative estimate of drug-likeness (QED) is 0.904. The molecule has 0 radical (unpaired) electrons. The smallest absolute Gasteiger partial charge is 0.255 e. The lowest BCUT2D eigenvalue weighted by atomic mass is 10.1. The lowest BCUT2D eigenvalue weighted by Gasteiger charge is -2.10. The SMILES string of the molecule is COc1ccc(C(=O)NCc2cccnc2)c(OC)c1. The third kappa shape index (κ3) is 3.26. The highest BCUT2D eigenvalue weighted by Crippen LogP contribution is 2.24. The van der Waals surface area contributed by atoms with Gasteiger partial charge in [-0.15, -0.1) is 0 Å². The van der Waals surface area contributed by atoms with Gasteiger partial charge in [-0.3, -0.25) is 9.78 Å². The summed E-state index contributed by atoms with van der Waals surface area (Å²) in [4.78, 5) is 16.1. The van der Waals surface area contributed by atoms with Crippen molar-refractivity contribution in [1.82, 2.24) is 10.3 Å². The molecule has 5 heteroatoms. The molecule has 1 N–H and O–H groups in total. The number of nitrogens with zero attached hydrogens (tertiary/aromatic N) is 1. The number of carbonyl (C=O) groups excluding carboxylic acids is 1. The summed E-state index contributed by atoms with van der Waals surface area (Å²) in [5.41, 5.74) is 1.41. The number of amides is 1. The topological polar surface area (TPSA) is 60.5 Å². The summed E-state index contributed by atoms with van der Waals surface area (Å²) in [6, 6.07) is 8.81. The Bertz CT molecular complexity index is 585. The first-order chi connectivity index (χ1) is 9.74. The van der Waals surface area contributed by atoms with E-state index < -0.39 is 0 Å². The number of aromatic nitrogens is 1. The molecule has 5 nitrogen and oxygen atoms in total. The van der Waals surface area contributed by atoms with E-state index in [0.717, 1.165) is 5.56 Å². The Morgan fingerprint density at radius 1 is 1.25 bits per heavy atom. The van der Waals surface area contributed by atoms with Crippen LogP contribution in [0.4, 0.5) is 0 Å².